The number of anilines is 1. The van der Waals surface area contributed by atoms with Crippen LogP contribution in [0.25, 0.3) is 10.9 Å². The van der Waals surface area contributed by atoms with Gasteiger partial charge in [-0.25, -0.2) is 4.79 Å². The number of hydrogen-bond donors (Lipinski definition) is 1. The van der Waals surface area contributed by atoms with Crippen molar-refractivity contribution in [2.75, 3.05) is 44.3 Å². The summed E-state index contributed by atoms with van der Waals surface area (Å²) < 4.78 is 6.80. The second-order valence-electron chi connectivity index (χ2n) is 7.51. The number of benzene rings is 1. The predicted molar refractivity (Wildman–Crippen MR) is 107 cm³/mol. The maximum Gasteiger partial charge on any atom is 0.328 e. The molecule has 0 amide bonds. The van der Waals surface area contributed by atoms with Crippen molar-refractivity contribution >= 4 is 16.6 Å². The van der Waals surface area contributed by atoms with Crippen LogP contribution in [-0.4, -0.2) is 59.9 Å². The third-order valence-electron chi connectivity index (χ3n) is 5.74. The van der Waals surface area contributed by atoms with E-state index in [0.29, 0.717) is 30.7 Å². The molecule has 146 valence electrons. The molecule has 4 rings (SSSR count). The summed E-state index contributed by atoms with van der Waals surface area (Å²) in [6.45, 7) is 7.73. The molecule has 2 aliphatic heterocycles. The van der Waals surface area contributed by atoms with E-state index in [9.17, 15) is 9.59 Å². The first-order chi connectivity index (χ1) is 13.2. The Hall–Kier alpha value is -2.12. The Bertz CT molecular complexity index is 914. The highest BCUT2D eigenvalue weighted by Crippen LogP contribution is 2.21. The molecule has 0 unspecified atom stereocenters. The molecule has 0 bridgehead atoms. The van der Waals surface area contributed by atoms with Gasteiger partial charge in [-0.3, -0.25) is 14.3 Å². The quantitative estimate of drug-likeness (QED) is 0.859. The van der Waals surface area contributed by atoms with Crippen molar-refractivity contribution in [3.8, 4) is 0 Å². The standard InChI is InChI=1S/C20H28N4O3/c1-2-7-22-8-3-4-16(22)14-24-19(25)17-13-15(23-9-11-27-12-10-23)5-6-18(17)21-20(24)26/h5-6,13,16H,2-4,7-12,14H2,1H3,(H,21,26)/t16-/m0/s1. The molecule has 2 aromatic rings. The Balaban J connectivity index is 1.68. The van der Waals surface area contributed by atoms with Crippen LogP contribution in [0.3, 0.4) is 0 Å². The van der Waals surface area contributed by atoms with Crippen molar-refractivity contribution in [3.63, 3.8) is 0 Å². The lowest BCUT2D eigenvalue weighted by Gasteiger charge is -2.29. The first-order valence-corrected chi connectivity index (χ1v) is 10.0. The maximum absolute atomic E-state index is 13.1. The van der Waals surface area contributed by atoms with Gasteiger partial charge in [-0.1, -0.05) is 6.92 Å². The summed E-state index contributed by atoms with van der Waals surface area (Å²) in [4.78, 5) is 33.2. The summed E-state index contributed by atoms with van der Waals surface area (Å²) in [5, 5.41) is 0.582. The number of fused-ring (bicyclic) bond motifs is 1. The van der Waals surface area contributed by atoms with E-state index >= 15 is 0 Å². The van der Waals surface area contributed by atoms with Crippen LogP contribution in [0.5, 0.6) is 0 Å². The van der Waals surface area contributed by atoms with Gasteiger partial charge in [0.15, 0.2) is 0 Å². The maximum atomic E-state index is 13.1. The van der Waals surface area contributed by atoms with Crippen LogP contribution in [0.4, 0.5) is 5.69 Å². The number of H-pyrrole nitrogens is 1. The third kappa shape index (κ3) is 3.66. The summed E-state index contributed by atoms with van der Waals surface area (Å²) in [6, 6.07) is 5.98. The molecule has 2 aliphatic rings. The smallest absolute Gasteiger partial charge is 0.328 e. The number of rotatable bonds is 5. The molecule has 0 saturated carbocycles. The first-order valence-electron chi connectivity index (χ1n) is 10.0. The highest BCUT2D eigenvalue weighted by atomic mass is 16.5. The number of nitrogens with zero attached hydrogens (tertiary/aromatic N) is 3. The molecule has 0 spiro atoms. The van der Waals surface area contributed by atoms with Crippen molar-refractivity contribution in [1.82, 2.24) is 14.5 Å². The highest BCUT2D eigenvalue weighted by Gasteiger charge is 2.25. The molecule has 1 N–H and O–H groups in total. The number of aromatic nitrogens is 2. The van der Waals surface area contributed by atoms with Gasteiger partial charge in [-0.05, 0) is 50.6 Å². The summed E-state index contributed by atoms with van der Waals surface area (Å²) in [6.07, 6.45) is 3.26. The molecule has 2 saturated heterocycles. The molecule has 7 nitrogen and oxygen atoms in total. The Morgan fingerprint density at radius 3 is 2.78 bits per heavy atom. The molecule has 1 atom stereocenters. The molecular formula is C20H28N4O3. The van der Waals surface area contributed by atoms with Gasteiger partial charge in [-0.2, -0.15) is 0 Å². The zero-order chi connectivity index (χ0) is 18.8. The summed E-state index contributed by atoms with van der Waals surface area (Å²) in [7, 11) is 0. The Labute approximate surface area is 158 Å². The number of nitrogens with one attached hydrogen (secondary N) is 1. The van der Waals surface area contributed by atoms with Crippen LogP contribution in [0, 0.1) is 0 Å². The Kier molecular flexibility index (Phi) is 5.31. The van der Waals surface area contributed by atoms with E-state index in [1.807, 2.05) is 18.2 Å². The van der Waals surface area contributed by atoms with E-state index in [1.54, 1.807) is 0 Å². The lowest BCUT2D eigenvalue weighted by Crippen LogP contribution is -2.42. The van der Waals surface area contributed by atoms with Crippen LogP contribution >= 0.6 is 0 Å². The molecule has 1 aromatic heterocycles. The highest BCUT2D eigenvalue weighted by molar-refractivity contribution is 5.81. The topological polar surface area (TPSA) is 70.6 Å². The lowest BCUT2D eigenvalue weighted by atomic mass is 10.2. The van der Waals surface area contributed by atoms with Gasteiger partial charge < -0.3 is 14.6 Å². The van der Waals surface area contributed by atoms with Gasteiger partial charge in [0.2, 0.25) is 0 Å². The molecule has 1 aromatic carbocycles. The van der Waals surface area contributed by atoms with E-state index in [4.69, 9.17) is 4.74 Å². The molecule has 2 fully saturated rings. The van der Waals surface area contributed by atoms with Crippen molar-refractivity contribution in [2.45, 2.75) is 38.8 Å². The van der Waals surface area contributed by atoms with Crippen LogP contribution < -0.4 is 16.1 Å². The van der Waals surface area contributed by atoms with Gasteiger partial charge >= 0.3 is 5.69 Å². The van der Waals surface area contributed by atoms with E-state index in [1.165, 1.54) is 4.57 Å². The molecular weight excluding hydrogens is 344 g/mol. The predicted octanol–water partition coefficient (Wildman–Crippen LogP) is 1.40. The van der Waals surface area contributed by atoms with Gasteiger partial charge in [0.1, 0.15) is 0 Å². The monoisotopic (exact) mass is 372 g/mol. The summed E-state index contributed by atoms with van der Waals surface area (Å²) >= 11 is 0. The third-order valence-corrected chi connectivity index (χ3v) is 5.74. The number of aromatic amines is 1. The van der Waals surface area contributed by atoms with Crippen LogP contribution in [0.15, 0.2) is 27.8 Å². The largest absolute Gasteiger partial charge is 0.378 e. The number of hydrogen-bond acceptors (Lipinski definition) is 5. The molecule has 27 heavy (non-hydrogen) atoms. The normalized spacial score (nSPS) is 21.2. The van der Waals surface area contributed by atoms with E-state index in [2.05, 4.69) is 21.7 Å². The zero-order valence-corrected chi connectivity index (χ0v) is 15.9. The van der Waals surface area contributed by atoms with Crippen molar-refractivity contribution in [3.05, 3.63) is 39.0 Å². The van der Waals surface area contributed by atoms with Crippen LogP contribution in [0.1, 0.15) is 26.2 Å². The lowest BCUT2D eigenvalue weighted by molar-refractivity contribution is 0.122. The molecule has 7 heteroatoms. The Morgan fingerprint density at radius 1 is 1.19 bits per heavy atom. The molecule has 3 heterocycles. The van der Waals surface area contributed by atoms with Gasteiger partial charge in [0.05, 0.1) is 24.1 Å². The number of likely N-dealkylation sites (tertiary alicyclic amines) is 1. The molecule has 0 radical (unpaired) electrons. The number of morpholine rings is 1. The van der Waals surface area contributed by atoms with E-state index in [-0.39, 0.29) is 17.3 Å². The average molecular weight is 372 g/mol. The van der Waals surface area contributed by atoms with E-state index in [0.717, 1.165) is 51.1 Å². The number of ether oxygens (including phenoxy) is 1. The minimum atomic E-state index is -0.310. The summed E-state index contributed by atoms with van der Waals surface area (Å²) in [5.41, 5.74) is 1.12. The van der Waals surface area contributed by atoms with Gasteiger partial charge in [-0.15, -0.1) is 0 Å². The SMILES string of the molecule is CCCN1CCC[C@H]1Cn1c(=O)[nH]c2ccc(N3CCOCC3)cc2c1=O. The van der Waals surface area contributed by atoms with Gasteiger partial charge in [0.25, 0.3) is 5.56 Å². The Morgan fingerprint density at radius 2 is 2.00 bits per heavy atom. The van der Waals surface area contributed by atoms with Crippen molar-refractivity contribution in [2.24, 2.45) is 0 Å². The minimum absolute atomic E-state index is 0.188. The molecule has 0 aliphatic carbocycles. The fraction of sp³-hybridized carbons (Fsp3) is 0.600. The van der Waals surface area contributed by atoms with Crippen LogP contribution in [-0.2, 0) is 11.3 Å². The second-order valence-corrected chi connectivity index (χ2v) is 7.51. The average Bonchev–Trinajstić information content (AvgIpc) is 3.13. The fourth-order valence-corrected chi connectivity index (χ4v) is 4.32. The second kappa shape index (κ2) is 7.86. The fourth-order valence-electron chi connectivity index (χ4n) is 4.32. The van der Waals surface area contributed by atoms with Crippen molar-refractivity contribution < 1.29 is 4.74 Å². The van der Waals surface area contributed by atoms with E-state index < -0.39 is 0 Å². The zero-order valence-electron chi connectivity index (χ0n) is 15.9. The summed E-state index contributed by atoms with van der Waals surface area (Å²) in [5.74, 6) is 0. The van der Waals surface area contributed by atoms with Crippen molar-refractivity contribution in [1.29, 1.82) is 0 Å². The minimum Gasteiger partial charge on any atom is -0.378 e. The first kappa shape index (κ1) is 18.3. The van der Waals surface area contributed by atoms with Crippen LogP contribution in [0.2, 0.25) is 0 Å². The van der Waals surface area contributed by atoms with Gasteiger partial charge in [0, 0.05) is 31.4 Å².